The molecule has 1 fully saturated rings. The zero-order chi connectivity index (χ0) is 22.9. The van der Waals surface area contributed by atoms with Crippen LogP contribution in [0.3, 0.4) is 0 Å². The van der Waals surface area contributed by atoms with Crippen molar-refractivity contribution in [3.63, 3.8) is 0 Å². The first-order valence-corrected chi connectivity index (χ1v) is 11.5. The quantitative estimate of drug-likeness (QED) is 0.544. The number of likely N-dealkylation sites (tertiary alicyclic amines) is 1. The van der Waals surface area contributed by atoms with Crippen molar-refractivity contribution in [3.05, 3.63) is 70.2 Å². The molecule has 2 aromatic rings. The molecule has 1 aliphatic heterocycles. The number of halogens is 1. The summed E-state index contributed by atoms with van der Waals surface area (Å²) in [6, 6.07) is 15.5. The van der Waals surface area contributed by atoms with Gasteiger partial charge in [-0.3, -0.25) is 14.4 Å². The number of methoxy groups -OCH3 is 1. The lowest BCUT2D eigenvalue weighted by Crippen LogP contribution is -2.54. The van der Waals surface area contributed by atoms with Crippen molar-refractivity contribution in [1.82, 2.24) is 15.5 Å². The second-order valence-electron chi connectivity index (χ2n) is 7.74. The molecule has 3 amide bonds. The number of benzene rings is 2. The van der Waals surface area contributed by atoms with Gasteiger partial charge in [0.25, 0.3) is 11.8 Å². The maximum absolute atomic E-state index is 12.9. The fourth-order valence-electron chi connectivity index (χ4n) is 3.84. The summed E-state index contributed by atoms with van der Waals surface area (Å²) in [4.78, 5) is 40.3. The van der Waals surface area contributed by atoms with E-state index in [2.05, 4.69) is 26.6 Å². The topological polar surface area (TPSA) is 87.7 Å². The predicted molar refractivity (Wildman–Crippen MR) is 125 cm³/mol. The van der Waals surface area contributed by atoms with E-state index in [4.69, 9.17) is 4.74 Å². The van der Waals surface area contributed by atoms with E-state index in [9.17, 15) is 14.4 Å². The van der Waals surface area contributed by atoms with Crippen LogP contribution in [0.5, 0.6) is 0 Å². The fraction of sp³-hybridized carbons (Fsp3) is 0.375. The number of ether oxygens (including phenoxy) is 1. The summed E-state index contributed by atoms with van der Waals surface area (Å²) in [5, 5.41) is 5.75. The SMILES string of the molecule is COCCNC(=O)[C@H](NC(=O)c1ccccc1)C1CCN(C(=O)c2cccc(Br)c2)CC1. The van der Waals surface area contributed by atoms with Gasteiger partial charge in [0.05, 0.1) is 6.61 Å². The van der Waals surface area contributed by atoms with Gasteiger partial charge in [0, 0.05) is 42.3 Å². The Labute approximate surface area is 196 Å². The third-order valence-electron chi connectivity index (χ3n) is 5.58. The molecule has 3 rings (SSSR count). The highest BCUT2D eigenvalue weighted by Crippen LogP contribution is 2.23. The first kappa shape index (κ1) is 23.9. The van der Waals surface area contributed by atoms with Crippen LogP contribution in [0.25, 0.3) is 0 Å². The Bertz CT molecular complexity index is 930. The molecule has 8 heteroatoms. The van der Waals surface area contributed by atoms with Crippen molar-refractivity contribution in [2.75, 3.05) is 33.4 Å². The van der Waals surface area contributed by atoms with Crippen molar-refractivity contribution in [2.45, 2.75) is 18.9 Å². The second kappa shape index (κ2) is 11.8. The van der Waals surface area contributed by atoms with Gasteiger partial charge < -0.3 is 20.3 Å². The minimum absolute atomic E-state index is 0.0285. The lowest BCUT2D eigenvalue weighted by atomic mass is 9.88. The normalized spacial score (nSPS) is 15.1. The van der Waals surface area contributed by atoms with Crippen LogP contribution in [0.4, 0.5) is 0 Å². The zero-order valence-corrected chi connectivity index (χ0v) is 19.6. The molecule has 0 unspecified atom stereocenters. The molecule has 0 spiro atoms. The molecule has 2 N–H and O–H groups in total. The van der Waals surface area contributed by atoms with Gasteiger partial charge >= 0.3 is 0 Å². The predicted octanol–water partition coefficient (Wildman–Crippen LogP) is 2.86. The number of hydrogen-bond acceptors (Lipinski definition) is 4. The largest absolute Gasteiger partial charge is 0.383 e. The molecule has 32 heavy (non-hydrogen) atoms. The Morgan fingerprint density at radius 1 is 1.06 bits per heavy atom. The van der Waals surface area contributed by atoms with Crippen molar-refractivity contribution in [1.29, 1.82) is 0 Å². The van der Waals surface area contributed by atoms with E-state index in [-0.39, 0.29) is 23.6 Å². The van der Waals surface area contributed by atoms with Crippen molar-refractivity contribution in [2.24, 2.45) is 5.92 Å². The molecular weight excluding hydrogens is 474 g/mol. The monoisotopic (exact) mass is 501 g/mol. The van der Waals surface area contributed by atoms with Crippen molar-refractivity contribution in [3.8, 4) is 0 Å². The van der Waals surface area contributed by atoms with E-state index in [0.29, 0.717) is 50.2 Å². The van der Waals surface area contributed by atoms with Gasteiger partial charge in [-0.1, -0.05) is 40.2 Å². The first-order valence-electron chi connectivity index (χ1n) is 10.7. The summed E-state index contributed by atoms with van der Waals surface area (Å²) in [5.41, 5.74) is 1.13. The third kappa shape index (κ3) is 6.40. The molecule has 0 bridgehead atoms. The third-order valence-corrected chi connectivity index (χ3v) is 6.07. The van der Waals surface area contributed by atoms with Gasteiger partial charge in [0.15, 0.2) is 0 Å². The van der Waals surface area contributed by atoms with E-state index in [0.717, 1.165) is 4.47 Å². The molecule has 0 saturated carbocycles. The Balaban J connectivity index is 1.66. The number of amides is 3. The smallest absolute Gasteiger partial charge is 0.253 e. The molecule has 7 nitrogen and oxygen atoms in total. The van der Waals surface area contributed by atoms with Crippen LogP contribution in [-0.4, -0.2) is 62.0 Å². The number of carbonyl (C=O) groups is 3. The number of hydrogen-bond donors (Lipinski definition) is 2. The van der Waals surface area contributed by atoms with E-state index in [1.807, 2.05) is 18.2 Å². The molecular formula is C24H28BrN3O4. The van der Waals surface area contributed by atoms with Crippen molar-refractivity contribution >= 4 is 33.7 Å². The number of carbonyl (C=O) groups excluding carboxylic acids is 3. The van der Waals surface area contributed by atoms with Crippen LogP contribution >= 0.6 is 15.9 Å². The summed E-state index contributed by atoms with van der Waals surface area (Å²) in [6.45, 7) is 1.82. The van der Waals surface area contributed by atoms with Crippen LogP contribution in [0.15, 0.2) is 59.1 Å². The minimum atomic E-state index is -0.678. The fourth-order valence-corrected chi connectivity index (χ4v) is 4.24. The molecule has 170 valence electrons. The lowest BCUT2D eigenvalue weighted by molar-refractivity contribution is -0.124. The first-order chi connectivity index (χ1) is 15.5. The molecule has 1 heterocycles. The molecule has 2 aromatic carbocycles. The van der Waals surface area contributed by atoms with Gasteiger partial charge in [-0.25, -0.2) is 0 Å². The van der Waals surface area contributed by atoms with Crippen molar-refractivity contribution < 1.29 is 19.1 Å². The average molecular weight is 502 g/mol. The average Bonchev–Trinajstić information content (AvgIpc) is 2.82. The molecule has 0 radical (unpaired) electrons. The maximum Gasteiger partial charge on any atom is 0.253 e. The summed E-state index contributed by atoms with van der Waals surface area (Å²) >= 11 is 3.40. The summed E-state index contributed by atoms with van der Waals surface area (Å²) in [6.07, 6.45) is 1.24. The molecule has 0 aromatic heterocycles. The number of nitrogens with one attached hydrogen (secondary N) is 2. The van der Waals surface area contributed by atoms with Gasteiger partial charge in [0.2, 0.25) is 5.91 Å². The highest BCUT2D eigenvalue weighted by molar-refractivity contribution is 9.10. The summed E-state index contributed by atoms with van der Waals surface area (Å²) in [7, 11) is 1.57. The Morgan fingerprint density at radius 2 is 1.75 bits per heavy atom. The zero-order valence-electron chi connectivity index (χ0n) is 18.1. The van der Waals surface area contributed by atoms with Gasteiger partial charge in [-0.2, -0.15) is 0 Å². The summed E-state index contributed by atoms with van der Waals surface area (Å²) < 4.78 is 5.87. The van der Waals surface area contributed by atoms with Crippen LogP contribution in [0.1, 0.15) is 33.6 Å². The Kier molecular flexibility index (Phi) is 8.81. The molecule has 1 saturated heterocycles. The highest BCUT2D eigenvalue weighted by atomic mass is 79.9. The van der Waals surface area contributed by atoms with Gasteiger partial charge in [0.1, 0.15) is 6.04 Å². The molecule has 1 aliphatic rings. The van der Waals surface area contributed by atoms with E-state index < -0.39 is 6.04 Å². The second-order valence-corrected chi connectivity index (χ2v) is 8.66. The van der Waals surface area contributed by atoms with Crippen LogP contribution in [0.2, 0.25) is 0 Å². The lowest BCUT2D eigenvalue weighted by Gasteiger charge is -2.36. The number of nitrogens with zero attached hydrogens (tertiary/aromatic N) is 1. The molecule has 0 aliphatic carbocycles. The number of piperidine rings is 1. The number of rotatable bonds is 8. The Hall–Kier alpha value is -2.71. The minimum Gasteiger partial charge on any atom is -0.383 e. The van der Waals surface area contributed by atoms with Crippen LogP contribution in [0, 0.1) is 5.92 Å². The van der Waals surface area contributed by atoms with E-state index in [1.165, 1.54) is 0 Å². The summed E-state index contributed by atoms with van der Waals surface area (Å²) in [5.74, 6) is -0.621. The van der Waals surface area contributed by atoms with Crippen LogP contribution in [-0.2, 0) is 9.53 Å². The highest BCUT2D eigenvalue weighted by Gasteiger charge is 2.34. The van der Waals surface area contributed by atoms with E-state index in [1.54, 1.807) is 48.4 Å². The maximum atomic E-state index is 12.9. The van der Waals surface area contributed by atoms with Gasteiger partial charge in [-0.05, 0) is 49.1 Å². The van der Waals surface area contributed by atoms with E-state index >= 15 is 0 Å². The Morgan fingerprint density at radius 3 is 2.41 bits per heavy atom. The van der Waals surface area contributed by atoms with Crippen LogP contribution < -0.4 is 10.6 Å². The standard InChI is InChI=1S/C24H28BrN3O4/c1-32-15-12-26-23(30)21(27-22(29)18-6-3-2-4-7-18)17-10-13-28(14-11-17)24(31)19-8-5-9-20(25)16-19/h2-9,16-17,21H,10-15H2,1H3,(H,26,30)(H,27,29)/t21-/m1/s1. The molecule has 1 atom stereocenters. The van der Waals surface area contributed by atoms with Gasteiger partial charge in [-0.15, -0.1) is 0 Å².